The molecule has 0 heterocycles. The number of unbranched alkanes of at least 4 members (excludes halogenated alkanes) is 7. The van der Waals surface area contributed by atoms with Crippen LogP contribution >= 0.6 is 11.6 Å². The van der Waals surface area contributed by atoms with Gasteiger partial charge in [-0.05, 0) is 25.5 Å². The first kappa shape index (κ1) is 20.7. The largest absolute Gasteiger partial charge is 0.465 e. The van der Waals surface area contributed by atoms with Gasteiger partial charge in [0.15, 0.2) is 5.78 Å². The van der Waals surface area contributed by atoms with Crippen LogP contribution in [0.2, 0.25) is 5.02 Å². The van der Waals surface area contributed by atoms with E-state index >= 15 is 0 Å². The van der Waals surface area contributed by atoms with E-state index in [9.17, 15) is 9.59 Å². The lowest BCUT2D eigenvalue weighted by Crippen LogP contribution is -2.23. The highest BCUT2D eigenvalue weighted by atomic mass is 35.5. The minimum absolute atomic E-state index is 0.251. The molecule has 1 rings (SSSR count). The molecule has 0 amide bonds. The molecule has 0 radical (unpaired) electrons. The van der Waals surface area contributed by atoms with E-state index in [1.165, 1.54) is 38.5 Å². The van der Waals surface area contributed by atoms with Gasteiger partial charge < -0.3 is 4.74 Å². The Morgan fingerprint density at radius 1 is 1.04 bits per heavy atom. The highest BCUT2D eigenvalue weighted by Crippen LogP contribution is 2.16. The summed E-state index contributed by atoms with van der Waals surface area (Å²) in [5.41, 5.74) is 0.444. The van der Waals surface area contributed by atoms with E-state index in [1.807, 2.05) is 0 Å². The summed E-state index contributed by atoms with van der Waals surface area (Å²) in [6, 6.07) is 6.64. The van der Waals surface area contributed by atoms with Gasteiger partial charge in [-0.1, -0.05) is 75.6 Å². The standard InChI is InChI=1S/C20H29ClO3/c1-3-4-5-6-7-8-9-10-14-24-20(23)16(2)19(22)17-12-11-13-18(21)15-17/h11-13,15-16H,3-10,14H2,1-2H3. The number of esters is 1. The lowest BCUT2D eigenvalue weighted by molar-refractivity contribution is -0.146. The smallest absolute Gasteiger partial charge is 0.316 e. The van der Waals surface area contributed by atoms with Crippen molar-refractivity contribution in [3.05, 3.63) is 34.9 Å². The Morgan fingerprint density at radius 3 is 2.29 bits per heavy atom. The van der Waals surface area contributed by atoms with E-state index in [4.69, 9.17) is 16.3 Å². The van der Waals surface area contributed by atoms with E-state index in [1.54, 1.807) is 31.2 Å². The van der Waals surface area contributed by atoms with Crippen LogP contribution in [0.4, 0.5) is 0 Å². The van der Waals surface area contributed by atoms with Crippen LogP contribution in [0.25, 0.3) is 0 Å². The SMILES string of the molecule is CCCCCCCCCCOC(=O)C(C)C(=O)c1cccc(Cl)c1. The third kappa shape index (κ3) is 7.96. The summed E-state index contributed by atoms with van der Waals surface area (Å²) in [6.45, 7) is 4.19. The van der Waals surface area contributed by atoms with E-state index in [0.29, 0.717) is 17.2 Å². The molecule has 1 atom stereocenters. The zero-order valence-corrected chi connectivity index (χ0v) is 15.6. The molecule has 0 fully saturated rings. The van der Waals surface area contributed by atoms with Crippen molar-refractivity contribution >= 4 is 23.4 Å². The van der Waals surface area contributed by atoms with Crippen molar-refractivity contribution < 1.29 is 14.3 Å². The topological polar surface area (TPSA) is 43.4 Å². The van der Waals surface area contributed by atoms with Crippen LogP contribution in [0.1, 0.15) is 75.6 Å². The molecule has 1 aromatic carbocycles. The summed E-state index contributed by atoms with van der Waals surface area (Å²) in [7, 11) is 0. The number of hydrogen-bond donors (Lipinski definition) is 0. The van der Waals surface area contributed by atoms with E-state index in [0.717, 1.165) is 12.8 Å². The molecule has 0 aromatic heterocycles. The van der Waals surface area contributed by atoms with Gasteiger partial charge in [0.2, 0.25) is 0 Å². The van der Waals surface area contributed by atoms with Crippen molar-refractivity contribution in [3.63, 3.8) is 0 Å². The summed E-state index contributed by atoms with van der Waals surface area (Å²) in [6.07, 6.45) is 9.54. The molecule has 134 valence electrons. The molecule has 24 heavy (non-hydrogen) atoms. The average Bonchev–Trinajstić information content (AvgIpc) is 2.58. The molecule has 0 spiro atoms. The number of carbonyl (C=O) groups excluding carboxylic acids is 2. The molecule has 0 bridgehead atoms. The molecule has 3 nitrogen and oxygen atoms in total. The number of ketones is 1. The van der Waals surface area contributed by atoms with E-state index < -0.39 is 11.9 Å². The second-order valence-electron chi connectivity index (χ2n) is 6.24. The number of hydrogen-bond acceptors (Lipinski definition) is 3. The van der Waals surface area contributed by atoms with Crippen molar-refractivity contribution in [2.24, 2.45) is 5.92 Å². The molecule has 4 heteroatoms. The van der Waals surface area contributed by atoms with Crippen LogP contribution in [0.3, 0.4) is 0 Å². The first-order valence-corrected chi connectivity index (χ1v) is 9.40. The van der Waals surface area contributed by atoms with Crippen LogP contribution in [-0.4, -0.2) is 18.4 Å². The second kappa shape index (κ2) is 12.1. The van der Waals surface area contributed by atoms with Crippen LogP contribution in [-0.2, 0) is 9.53 Å². The normalized spacial score (nSPS) is 12.0. The van der Waals surface area contributed by atoms with Gasteiger partial charge in [0.1, 0.15) is 5.92 Å². The highest BCUT2D eigenvalue weighted by molar-refractivity contribution is 6.31. The Labute approximate surface area is 150 Å². The molecule has 0 aliphatic carbocycles. The first-order valence-electron chi connectivity index (χ1n) is 9.02. The molecule has 0 aliphatic heterocycles. The predicted molar refractivity (Wildman–Crippen MR) is 98.5 cm³/mol. The number of rotatable bonds is 12. The monoisotopic (exact) mass is 352 g/mol. The van der Waals surface area contributed by atoms with Crippen LogP contribution in [0.15, 0.2) is 24.3 Å². The first-order chi connectivity index (χ1) is 11.6. The van der Waals surface area contributed by atoms with Crippen LogP contribution in [0, 0.1) is 5.92 Å². The Balaban J connectivity index is 2.19. The van der Waals surface area contributed by atoms with Gasteiger partial charge in [-0.2, -0.15) is 0 Å². The molecular weight excluding hydrogens is 324 g/mol. The molecule has 0 aliphatic rings. The van der Waals surface area contributed by atoms with Gasteiger partial charge in [0, 0.05) is 10.6 Å². The van der Waals surface area contributed by atoms with E-state index in [2.05, 4.69) is 6.92 Å². The Bertz CT molecular complexity index is 513. The minimum Gasteiger partial charge on any atom is -0.465 e. The molecular formula is C20H29ClO3. The molecule has 1 unspecified atom stereocenters. The molecule has 0 saturated carbocycles. The third-order valence-electron chi connectivity index (χ3n) is 4.10. The highest BCUT2D eigenvalue weighted by Gasteiger charge is 2.24. The average molecular weight is 353 g/mol. The fourth-order valence-electron chi connectivity index (χ4n) is 2.53. The zero-order chi connectivity index (χ0) is 17.8. The zero-order valence-electron chi connectivity index (χ0n) is 14.9. The quantitative estimate of drug-likeness (QED) is 0.205. The van der Waals surface area contributed by atoms with Gasteiger partial charge in [-0.15, -0.1) is 0 Å². The Hall–Kier alpha value is -1.35. The lowest BCUT2D eigenvalue weighted by atomic mass is 9.99. The summed E-state index contributed by atoms with van der Waals surface area (Å²) >= 11 is 5.88. The fourth-order valence-corrected chi connectivity index (χ4v) is 2.72. The lowest BCUT2D eigenvalue weighted by Gasteiger charge is -2.11. The number of carbonyl (C=O) groups is 2. The van der Waals surface area contributed by atoms with Gasteiger partial charge in [-0.25, -0.2) is 0 Å². The number of ether oxygens (including phenoxy) is 1. The number of Topliss-reactive ketones (excluding diaryl/α,β-unsaturated/α-hetero) is 1. The van der Waals surface area contributed by atoms with Gasteiger partial charge >= 0.3 is 5.97 Å². The van der Waals surface area contributed by atoms with E-state index in [-0.39, 0.29) is 5.78 Å². The molecule has 0 saturated heterocycles. The number of halogens is 1. The minimum atomic E-state index is -0.794. The number of benzene rings is 1. The molecule has 1 aromatic rings. The van der Waals surface area contributed by atoms with Crippen molar-refractivity contribution in [1.29, 1.82) is 0 Å². The van der Waals surface area contributed by atoms with Gasteiger partial charge in [-0.3, -0.25) is 9.59 Å². The Morgan fingerprint density at radius 2 is 1.67 bits per heavy atom. The van der Waals surface area contributed by atoms with Crippen molar-refractivity contribution in [3.8, 4) is 0 Å². The summed E-state index contributed by atoms with van der Waals surface area (Å²) in [5.74, 6) is -1.50. The summed E-state index contributed by atoms with van der Waals surface area (Å²) in [4.78, 5) is 24.2. The second-order valence-corrected chi connectivity index (χ2v) is 6.68. The fraction of sp³-hybridized carbons (Fsp3) is 0.600. The Kier molecular flexibility index (Phi) is 10.4. The van der Waals surface area contributed by atoms with Crippen molar-refractivity contribution in [1.82, 2.24) is 0 Å². The maximum atomic E-state index is 12.2. The van der Waals surface area contributed by atoms with Crippen molar-refractivity contribution in [2.75, 3.05) is 6.61 Å². The van der Waals surface area contributed by atoms with Gasteiger partial charge in [0.25, 0.3) is 0 Å². The van der Waals surface area contributed by atoms with Crippen LogP contribution in [0.5, 0.6) is 0 Å². The van der Waals surface area contributed by atoms with Crippen molar-refractivity contribution in [2.45, 2.75) is 65.2 Å². The summed E-state index contributed by atoms with van der Waals surface area (Å²) in [5, 5.41) is 0.486. The summed E-state index contributed by atoms with van der Waals surface area (Å²) < 4.78 is 5.23. The van der Waals surface area contributed by atoms with Crippen LogP contribution < -0.4 is 0 Å². The van der Waals surface area contributed by atoms with Gasteiger partial charge in [0.05, 0.1) is 6.61 Å². The maximum Gasteiger partial charge on any atom is 0.316 e. The maximum absolute atomic E-state index is 12.2. The predicted octanol–water partition coefficient (Wildman–Crippen LogP) is 5.84. The third-order valence-corrected chi connectivity index (χ3v) is 4.33. The molecule has 0 N–H and O–H groups in total.